The molecule has 0 aromatic heterocycles. The zero-order valence-corrected chi connectivity index (χ0v) is 12.8. The second-order valence-corrected chi connectivity index (χ2v) is 6.05. The highest BCUT2D eigenvalue weighted by atomic mass is 32.1. The van der Waals surface area contributed by atoms with Gasteiger partial charge < -0.3 is 15.3 Å². The van der Waals surface area contributed by atoms with Gasteiger partial charge in [-0.15, -0.1) is 0 Å². The van der Waals surface area contributed by atoms with E-state index in [1.54, 1.807) is 0 Å². The predicted molar refractivity (Wildman–Crippen MR) is 84.0 cm³/mol. The Labute approximate surface area is 121 Å². The standard InChI is InChI=1S/C15H24N2OS/c1-15(2,3)16-14(19)17(10-7-11-18)12-13-8-5-4-6-9-13/h4-6,8-9,18H,7,10-12H2,1-3H3,(H,16,19). The Morgan fingerprint density at radius 2 is 1.89 bits per heavy atom. The lowest BCUT2D eigenvalue weighted by Crippen LogP contribution is -2.48. The van der Waals surface area contributed by atoms with Crippen molar-refractivity contribution in [2.45, 2.75) is 39.3 Å². The number of hydrogen-bond donors (Lipinski definition) is 2. The maximum absolute atomic E-state index is 9.01. The van der Waals surface area contributed by atoms with Crippen LogP contribution in [-0.2, 0) is 6.54 Å². The van der Waals surface area contributed by atoms with Crippen LogP contribution in [0.15, 0.2) is 30.3 Å². The Kier molecular flexibility index (Phi) is 6.25. The van der Waals surface area contributed by atoms with Crippen molar-refractivity contribution in [1.29, 1.82) is 0 Å². The zero-order valence-electron chi connectivity index (χ0n) is 12.0. The molecule has 2 N–H and O–H groups in total. The van der Waals surface area contributed by atoms with Crippen molar-refractivity contribution in [3.63, 3.8) is 0 Å². The largest absolute Gasteiger partial charge is 0.396 e. The van der Waals surface area contributed by atoms with Gasteiger partial charge in [0.05, 0.1) is 0 Å². The van der Waals surface area contributed by atoms with Crippen molar-refractivity contribution in [2.75, 3.05) is 13.2 Å². The number of nitrogens with zero attached hydrogens (tertiary/aromatic N) is 1. The molecule has 0 aliphatic heterocycles. The van der Waals surface area contributed by atoms with Crippen LogP contribution in [0.5, 0.6) is 0 Å². The third-order valence-corrected chi connectivity index (χ3v) is 2.93. The summed E-state index contributed by atoms with van der Waals surface area (Å²) in [4.78, 5) is 2.10. The molecular weight excluding hydrogens is 256 g/mol. The monoisotopic (exact) mass is 280 g/mol. The lowest BCUT2D eigenvalue weighted by Gasteiger charge is -2.31. The number of nitrogens with one attached hydrogen (secondary N) is 1. The minimum absolute atomic E-state index is 0.0504. The van der Waals surface area contributed by atoms with Crippen molar-refractivity contribution < 1.29 is 5.11 Å². The first-order valence-electron chi connectivity index (χ1n) is 6.64. The van der Waals surface area contributed by atoms with E-state index in [4.69, 9.17) is 17.3 Å². The van der Waals surface area contributed by atoms with Gasteiger partial charge in [-0.2, -0.15) is 0 Å². The second kappa shape index (κ2) is 7.46. The first-order valence-corrected chi connectivity index (χ1v) is 7.05. The molecule has 106 valence electrons. The first kappa shape index (κ1) is 15.9. The van der Waals surface area contributed by atoms with E-state index in [2.05, 4.69) is 43.1 Å². The van der Waals surface area contributed by atoms with Crippen LogP contribution in [0.2, 0.25) is 0 Å². The van der Waals surface area contributed by atoms with Gasteiger partial charge in [-0.25, -0.2) is 0 Å². The molecular formula is C15H24N2OS. The average Bonchev–Trinajstić information content (AvgIpc) is 2.33. The molecule has 1 aromatic carbocycles. The van der Waals surface area contributed by atoms with Crippen LogP contribution < -0.4 is 5.32 Å². The molecule has 0 amide bonds. The fourth-order valence-electron chi connectivity index (χ4n) is 1.72. The van der Waals surface area contributed by atoms with Gasteiger partial charge in [-0.1, -0.05) is 30.3 Å². The molecule has 19 heavy (non-hydrogen) atoms. The molecule has 0 radical (unpaired) electrons. The van der Waals surface area contributed by atoms with E-state index in [0.717, 1.165) is 24.6 Å². The van der Waals surface area contributed by atoms with E-state index in [1.807, 2.05) is 18.2 Å². The molecule has 0 saturated heterocycles. The second-order valence-electron chi connectivity index (χ2n) is 5.66. The van der Waals surface area contributed by atoms with Crippen LogP contribution in [-0.4, -0.2) is 33.8 Å². The summed E-state index contributed by atoms with van der Waals surface area (Å²) >= 11 is 5.47. The molecule has 0 heterocycles. The normalized spacial score (nSPS) is 11.2. The first-order chi connectivity index (χ1) is 8.92. The van der Waals surface area contributed by atoms with Crippen LogP contribution in [0.1, 0.15) is 32.8 Å². The molecule has 4 heteroatoms. The summed E-state index contributed by atoms with van der Waals surface area (Å²) in [5.74, 6) is 0. The molecule has 0 saturated carbocycles. The summed E-state index contributed by atoms with van der Waals surface area (Å²) in [6.07, 6.45) is 0.721. The summed E-state index contributed by atoms with van der Waals surface area (Å²) in [6.45, 7) is 7.98. The van der Waals surface area contributed by atoms with E-state index in [1.165, 1.54) is 5.56 Å². The molecule has 0 atom stereocenters. The summed E-state index contributed by atoms with van der Waals surface area (Å²) in [5.41, 5.74) is 1.17. The molecule has 0 unspecified atom stereocenters. The number of thiocarbonyl (C=S) groups is 1. The number of rotatable bonds is 5. The Balaban J connectivity index is 2.68. The van der Waals surface area contributed by atoms with Crippen molar-refractivity contribution in [3.05, 3.63) is 35.9 Å². The molecule has 0 aliphatic rings. The highest BCUT2D eigenvalue weighted by Crippen LogP contribution is 2.08. The Morgan fingerprint density at radius 3 is 2.42 bits per heavy atom. The fraction of sp³-hybridized carbons (Fsp3) is 0.533. The van der Waals surface area contributed by atoms with E-state index in [0.29, 0.717) is 0 Å². The lowest BCUT2D eigenvalue weighted by molar-refractivity contribution is 0.262. The molecule has 0 bridgehead atoms. The summed E-state index contributed by atoms with van der Waals surface area (Å²) in [5, 5.41) is 13.1. The minimum Gasteiger partial charge on any atom is -0.396 e. The van der Waals surface area contributed by atoms with E-state index in [9.17, 15) is 0 Å². The van der Waals surface area contributed by atoms with Crippen molar-refractivity contribution in [1.82, 2.24) is 10.2 Å². The lowest BCUT2D eigenvalue weighted by atomic mass is 10.1. The highest BCUT2D eigenvalue weighted by Gasteiger charge is 2.16. The van der Waals surface area contributed by atoms with Gasteiger partial charge in [-0.05, 0) is 45.0 Å². The SMILES string of the molecule is CC(C)(C)NC(=S)N(CCCO)Cc1ccccc1. The van der Waals surface area contributed by atoms with Crippen LogP contribution in [0.3, 0.4) is 0 Å². The molecule has 0 aliphatic carbocycles. The summed E-state index contributed by atoms with van der Waals surface area (Å²) in [6, 6.07) is 10.2. The van der Waals surface area contributed by atoms with Crippen LogP contribution >= 0.6 is 12.2 Å². The maximum atomic E-state index is 9.01. The van der Waals surface area contributed by atoms with Crippen LogP contribution in [0.25, 0.3) is 0 Å². The van der Waals surface area contributed by atoms with E-state index >= 15 is 0 Å². The molecule has 0 spiro atoms. The van der Waals surface area contributed by atoms with Gasteiger partial charge >= 0.3 is 0 Å². The quantitative estimate of drug-likeness (QED) is 0.813. The topological polar surface area (TPSA) is 35.5 Å². The fourth-order valence-corrected chi connectivity index (χ4v) is 2.18. The zero-order chi connectivity index (χ0) is 14.3. The van der Waals surface area contributed by atoms with Gasteiger partial charge in [0.2, 0.25) is 0 Å². The number of benzene rings is 1. The third-order valence-electron chi connectivity index (χ3n) is 2.57. The smallest absolute Gasteiger partial charge is 0.169 e. The van der Waals surface area contributed by atoms with E-state index < -0.39 is 0 Å². The minimum atomic E-state index is -0.0504. The van der Waals surface area contributed by atoms with E-state index in [-0.39, 0.29) is 12.1 Å². The summed E-state index contributed by atoms with van der Waals surface area (Å²) < 4.78 is 0. The Morgan fingerprint density at radius 1 is 1.26 bits per heavy atom. The number of aliphatic hydroxyl groups excluding tert-OH is 1. The Bertz CT molecular complexity index is 387. The molecule has 3 nitrogen and oxygen atoms in total. The van der Waals surface area contributed by atoms with Gasteiger partial charge in [0.25, 0.3) is 0 Å². The third kappa shape index (κ3) is 6.55. The maximum Gasteiger partial charge on any atom is 0.169 e. The van der Waals surface area contributed by atoms with Crippen molar-refractivity contribution in [2.24, 2.45) is 0 Å². The average molecular weight is 280 g/mol. The molecule has 1 aromatic rings. The molecule has 1 rings (SSSR count). The van der Waals surface area contributed by atoms with Gasteiger partial charge in [0, 0.05) is 25.2 Å². The van der Waals surface area contributed by atoms with Gasteiger partial charge in [-0.3, -0.25) is 0 Å². The van der Waals surface area contributed by atoms with Crippen LogP contribution in [0.4, 0.5) is 0 Å². The van der Waals surface area contributed by atoms with Gasteiger partial charge in [0.1, 0.15) is 0 Å². The summed E-state index contributed by atoms with van der Waals surface area (Å²) in [7, 11) is 0. The molecule has 0 fully saturated rings. The number of hydrogen-bond acceptors (Lipinski definition) is 2. The predicted octanol–water partition coefficient (Wildman–Crippen LogP) is 2.54. The Hall–Kier alpha value is -1.13. The number of aliphatic hydroxyl groups is 1. The highest BCUT2D eigenvalue weighted by molar-refractivity contribution is 7.80. The van der Waals surface area contributed by atoms with Gasteiger partial charge in [0.15, 0.2) is 5.11 Å². The van der Waals surface area contributed by atoms with Crippen molar-refractivity contribution >= 4 is 17.3 Å². The van der Waals surface area contributed by atoms with Crippen LogP contribution in [0, 0.1) is 0 Å². The van der Waals surface area contributed by atoms with Crippen molar-refractivity contribution in [3.8, 4) is 0 Å².